The first kappa shape index (κ1) is 9.18. The number of aromatic amines is 1. The molecular formula is C6H9BrN4O. The molecule has 0 fully saturated rings. The number of amides is 1. The summed E-state index contributed by atoms with van der Waals surface area (Å²) >= 11 is 3.17. The maximum Gasteiger partial charge on any atom is 0.221 e. The van der Waals surface area contributed by atoms with E-state index in [-0.39, 0.29) is 5.91 Å². The topological polar surface area (TPSA) is 70.7 Å². The second kappa shape index (κ2) is 4.87. The third-order valence-corrected chi connectivity index (χ3v) is 1.64. The van der Waals surface area contributed by atoms with Gasteiger partial charge in [0.1, 0.15) is 12.2 Å². The SMILES string of the molecule is O=C(CCBr)NCc1ncn[nH]1. The van der Waals surface area contributed by atoms with Gasteiger partial charge < -0.3 is 5.32 Å². The molecule has 1 heterocycles. The van der Waals surface area contributed by atoms with Crippen molar-refractivity contribution in [2.75, 3.05) is 5.33 Å². The number of carbonyl (C=O) groups excluding carboxylic acids is 1. The number of nitrogens with zero attached hydrogens (tertiary/aromatic N) is 2. The lowest BCUT2D eigenvalue weighted by Crippen LogP contribution is -2.23. The van der Waals surface area contributed by atoms with Crippen LogP contribution in [0, 0.1) is 0 Å². The molecule has 0 spiro atoms. The molecule has 1 aromatic heterocycles. The fraction of sp³-hybridized carbons (Fsp3) is 0.500. The molecule has 12 heavy (non-hydrogen) atoms. The number of rotatable bonds is 4. The van der Waals surface area contributed by atoms with E-state index in [9.17, 15) is 4.79 Å². The van der Waals surface area contributed by atoms with Gasteiger partial charge in [-0.1, -0.05) is 15.9 Å². The van der Waals surface area contributed by atoms with Crippen molar-refractivity contribution in [1.29, 1.82) is 0 Å². The minimum Gasteiger partial charge on any atom is -0.349 e. The van der Waals surface area contributed by atoms with E-state index < -0.39 is 0 Å². The monoisotopic (exact) mass is 232 g/mol. The molecule has 0 unspecified atom stereocenters. The first-order chi connectivity index (χ1) is 5.83. The highest BCUT2D eigenvalue weighted by Gasteiger charge is 2.00. The molecular weight excluding hydrogens is 224 g/mol. The van der Waals surface area contributed by atoms with E-state index in [1.807, 2.05) is 0 Å². The molecule has 1 rings (SSSR count). The van der Waals surface area contributed by atoms with Gasteiger partial charge in [0.05, 0.1) is 6.54 Å². The predicted octanol–water partition coefficient (Wildman–Crippen LogP) is 0.206. The van der Waals surface area contributed by atoms with Crippen LogP contribution in [0.3, 0.4) is 0 Å². The maximum absolute atomic E-state index is 10.9. The minimum absolute atomic E-state index is 0.00303. The van der Waals surface area contributed by atoms with Gasteiger partial charge in [-0.3, -0.25) is 9.89 Å². The van der Waals surface area contributed by atoms with Crippen LogP contribution in [0.15, 0.2) is 6.33 Å². The third kappa shape index (κ3) is 3.00. The first-order valence-electron chi connectivity index (χ1n) is 3.50. The lowest BCUT2D eigenvalue weighted by atomic mass is 10.4. The van der Waals surface area contributed by atoms with Crippen LogP contribution in [0.4, 0.5) is 0 Å². The van der Waals surface area contributed by atoms with Gasteiger partial charge in [0.15, 0.2) is 0 Å². The van der Waals surface area contributed by atoms with Crippen LogP contribution in [-0.4, -0.2) is 26.4 Å². The smallest absolute Gasteiger partial charge is 0.221 e. The Morgan fingerprint density at radius 1 is 1.75 bits per heavy atom. The molecule has 5 nitrogen and oxygen atoms in total. The van der Waals surface area contributed by atoms with Crippen molar-refractivity contribution in [3.8, 4) is 0 Å². The second-order valence-electron chi connectivity index (χ2n) is 2.15. The number of alkyl halides is 1. The molecule has 66 valence electrons. The third-order valence-electron chi connectivity index (χ3n) is 1.24. The van der Waals surface area contributed by atoms with Gasteiger partial charge in [0, 0.05) is 11.8 Å². The van der Waals surface area contributed by atoms with Gasteiger partial charge in [-0.2, -0.15) is 5.10 Å². The van der Waals surface area contributed by atoms with Crippen LogP contribution in [0.1, 0.15) is 12.2 Å². The summed E-state index contributed by atoms with van der Waals surface area (Å²) in [5.74, 6) is 0.668. The van der Waals surface area contributed by atoms with Crippen LogP contribution in [0.5, 0.6) is 0 Å². The highest BCUT2D eigenvalue weighted by Crippen LogP contribution is 1.89. The quantitative estimate of drug-likeness (QED) is 0.730. The molecule has 0 aliphatic heterocycles. The average molecular weight is 233 g/mol. The van der Waals surface area contributed by atoms with E-state index >= 15 is 0 Å². The number of halogens is 1. The van der Waals surface area contributed by atoms with Crippen molar-refractivity contribution in [1.82, 2.24) is 20.5 Å². The molecule has 0 atom stereocenters. The van der Waals surface area contributed by atoms with Crippen molar-refractivity contribution in [3.05, 3.63) is 12.2 Å². The predicted molar refractivity (Wildman–Crippen MR) is 46.6 cm³/mol. The zero-order chi connectivity index (χ0) is 8.81. The molecule has 0 aliphatic rings. The normalized spacial score (nSPS) is 9.75. The second-order valence-corrected chi connectivity index (χ2v) is 2.94. The fourth-order valence-corrected chi connectivity index (χ4v) is 1.03. The summed E-state index contributed by atoms with van der Waals surface area (Å²) in [4.78, 5) is 14.8. The van der Waals surface area contributed by atoms with E-state index in [4.69, 9.17) is 0 Å². The van der Waals surface area contributed by atoms with Gasteiger partial charge in [0.25, 0.3) is 0 Å². The van der Waals surface area contributed by atoms with Crippen molar-refractivity contribution in [2.45, 2.75) is 13.0 Å². The van der Waals surface area contributed by atoms with Gasteiger partial charge in [0.2, 0.25) is 5.91 Å². The molecule has 0 saturated heterocycles. The van der Waals surface area contributed by atoms with E-state index in [2.05, 4.69) is 36.4 Å². The van der Waals surface area contributed by atoms with Crippen molar-refractivity contribution in [3.63, 3.8) is 0 Å². The zero-order valence-corrected chi connectivity index (χ0v) is 7.97. The molecule has 0 radical (unpaired) electrons. The summed E-state index contributed by atoms with van der Waals surface area (Å²) in [6.07, 6.45) is 1.89. The van der Waals surface area contributed by atoms with Crippen LogP contribution >= 0.6 is 15.9 Å². The largest absolute Gasteiger partial charge is 0.349 e. The summed E-state index contributed by atoms with van der Waals surface area (Å²) in [6.45, 7) is 0.409. The van der Waals surface area contributed by atoms with Gasteiger partial charge >= 0.3 is 0 Å². The molecule has 0 aliphatic carbocycles. The highest BCUT2D eigenvalue weighted by atomic mass is 79.9. The molecule has 6 heteroatoms. The van der Waals surface area contributed by atoms with Crippen LogP contribution in [-0.2, 0) is 11.3 Å². The number of hydrogen-bond acceptors (Lipinski definition) is 3. The Morgan fingerprint density at radius 2 is 2.58 bits per heavy atom. The summed E-state index contributed by atoms with van der Waals surface area (Å²) in [7, 11) is 0. The Kier molecular flexibility index (Phi) is 3.72. The number of hydrogen-bond donors (Lipinski definition) is 2. The highest BCUT2D eigenvalue weighted by molar-refractivity contribution is 9.09. The van der Waals surface area contributed by atoms with E-state index in [0.717, 1.165) is 0 Å². The van der Waals surface area contributed by atoms with Gasteiger partial charge in [-0.15, -0.1) is 0 Å². The standard InChI is InChI=1S/C6H9BrN4O/c7-2-1-6(12)8-3-5-9-4-10-11-5/h4H,1-3H2,(H,8,12)(H,9,10,11). The summed E-state index contributed by atoms with van der Waals surface area (Å²) in [5, 5.41) is 9.66. The minimum atomic E-state index is 0.00303. The summed E-state index contributed by atoms with van der Waals surface area (Å²) in [6, 6.07) is 0. The summed E-state index contributed by atoms with van der Waals surface area (Å²) < 4.78 is 0. The lowest BCUT2D eigenvalue weighted by Gasteiger charge is -1.99. The van der Waals surface area contributed by atoms with Crippen molar-refractivity contribution in [2.24, 2.45) is 0 Å². The Bertz CT molecular complexity index is 236. The molecule has 2 N–H and O–H groups in total. The average Bonchev–Trinajstić information content (AvgIpc) is 2.53. The number of nitrogens with one attached hydrogen (secondary N) is 2. The maximum atomic E-state index is 10.9. The molecule has 0 saturated carbocycles. The number of aromatic nitrogens is 3. The molecule has 1 aromatic rings. The fourth-order valence-electron chi connectivity index (χ4n) is 0.672. The number of carbonyl (C=O) groups is 1. The van der Waals surface area contributed by atoms with Crippen LogP contribution < -0.4 is 5.32 Å². The Balaban J connectivity index is 2.22. The molecule has 1 amide bonds. The molecule has 0 bridgehead atoms. The Labute approximate surface area is 78.1 Å². The van der Waals surface area contributed by atoms with Gasteiger partial charge in [-0.05, 0) is 0 Å². The number of H-pyrrole nitrogens is 1. The first-order valence-corrected chi connectivity index (χ1v) is 4.62. The lowest BCUT2D eigenvalue weighted by molar-refractivity contribution is -0.120. The van der Waals surface area contributed by atoms with E-state index in [1.165, 1.54) is 6.33 Å². The van der Waals surface area contributed by atoms with Crippen LogP contribution in [0.25, 0.3) is 0 Å². The Morgan fingerprint density at radius 3 is 3.17 bits per heavy atom. The van der Waals surface area contributed by atoms with Crippen LogP contribution in [0.2, 0.25) is 0 Å². The van der Waals surface area contributed by atoms with Gasteiger partial charge in [-0.25, -0.2) is 4.98 Å². The van der Waals surface area contributed by atoms with E-state index in [0.29, 0.717) is 24.1 Å². The van der Waals surface area contributed by atoms with E-state index in [1.54, 1.807) is 0 Å². The van der Waals surface area contributed by atoms with Crippen molar-refractivity contribution < 1.29 is 4.79 Å². The Hall–Kier alpha value is -0.910. The zero-order valence-electron chi connectivity index (χ0n) is 6.38. The molecule has 0 aromatic carbocycles. The van der Waals surface area contributed by atoms with Crippen molar-refractivity contribution >= 4 is 21.8 Å². The summed E-state index contributed by atoms with van der Waals surface area (Å²) in [5.41, 5.74) is 0.